The molecule has 1 fully saturated rings. The summed E-state index contributed by atoms with van der Waals surface area (Å²) in [6, 6.07) is 5.74. The number of halogens is 1. The SMILES string of the molecule is C[C@@H]1C[C@H](C)CN(c2ccc(C(C)(C)C)c(F)c2)C1. The Morgan fingerprint density at radius 1 is 1.11 bits per heavy atom. The minimum absolute atomic E-state index is 0.0733. The third-order valence-electron chi connectivity index (χ3n) is 3.99. The van der Waals surface area contributed by atoms with Crippen molar-refractivity contribution >= 4 is 5.69 Å². The van der Waals surface area contributed by atoms with Crippen LogP contribution in [-0.2, 0) is 5.41 Å². The predicted molar refractivity (Wildman–Crippen MR) is 80.3 cm³/mol. The van der Waals surface area contributed by atoms with Crippen LogP contribution in [0.3, 0.4) is 0 Å². The number of piperidine rings is 1. The molecular weight excluding hydrogens is 237 g/mol. The summed E-state index contributed by atoms with van der Waals surface area (Å²) in [5.74, 6) is 1.30. The minimum atomic E-state index is -0.134. The molecule has 0 bridgehead atoms. The summed E-state index contributed by atoms with van der Waals surface area (Å²) in [7, 11) is 0. The van der Waals surface area contributed by atoms with Crippen molar-refractivity contribution in [3.8, 4) is 0 Å². The van der Waals surface area contributed by atoms with Gasteiger partial charge in [-0.2, -0.15) is 0 Å². The van der Waals surface area contributed by atoms with Crippen LogP contribution in [0.2, 0.25) is 0 Å². The topological polar surface area (TPSA) is 3.24 Å². The van der Waals surface area contributed by atoms with Crippen molar-refractivity contribution in [2.75, 3.05) is 18.0 Å². The molecule has 1 nitrogen and oxygen atoms in total. The average Bonchev–Trinajstić information content (AvgIpc) is 2.25. The normalized spacial score (nSPS) is 24.6. The lowest BCUT2D eigenvalue weighted by molar-refractivity contribution is 0.356. The first kappa shape index (κ1) is 14.4. The van der Waals surface area contributed by atoms with E-state index in [9.17, 15) is 4.39 Å². The minimum Gasteiger partial charge on any atom is -0.371 e. The lowest BCUT2D eigenvalue weighted by Crippen LogP contribution is -2.38. The highest BCUT2D eigenvalue weighted by atomic mass is 19.1. The van der Waals surface area contributed by atoms with Crippen LogP contribution in [0, 0.1) is 17.7 Å². The summed E-state index contributed by atoms with van der Waals surface area (Å²) in [6.45, 7) is 12.8. The number of benzene rings is 1. The summed E-state index contributed by atoms with van der Waals surface area (Å²) < 4.78 is 14.3. The number of hydrogen-bond acceptors (Lipinski definition) is 1. The zero-order valence-electron chi connectivity index (χ0n) is 12.8. The fraction of sp³-hybridized carbons (Fsp3) is 0.647. The quantitative estimate of drug-likeness (QED) is 0.715. The third-order valence-corrected chi connectivity index (χ3v) is 3.99. The standard InChI is InChI=1S/C17H26FN/c1-12-8-13(2)11-19(10-12)14-6-7-15(16(18)9-14)17(3,4)5/h6-7,9,12-13H,8,10-11H2,1-5H3/t12-,13+. The third kappa shape index (κ3) is 3.29. The van der Waals surface area contributed by atoms with Crippen molar-refractivity contribution < 1.29 is 4.39 Å². The van der Waals surface area contributed by atoms with Gasteiger partial charge in [0.25, 0.3) is 0 Å². The molecule has 1 aliphatic rings. The molecule has 1 aromatic carbocycles. The molecule has 1 heterocycles. The Balaban J connectivity index is 2.25. The lowest BCUT2D eigenvalue weighted by atomic mass is 9.86. The molecule has 2 rings (SSSR count). The van der Waals surface area contributed by atoms with Crippen LogP contribution in [0.5, 0.6) is 0 Å². The van der Waals surface area contributed by atoms with Gasteiger partial charge >= 0.3 is 0 Å². The van der Waals surface area contributed by atoms with Gasteiger partial charge in [-0.3, -0.25) is 0 Å². The average molecular weight is 263 g/mol. The van der Waals surface area contributed by atoms with Gasteiger partial charge in [0.1, 0.15) is 5.82 Å². The maximum atomic E-state index is 14.3. The summed E-state index contributed by atoms with van der Waals surface area (Å²) in [5, 5.41) is 0. The zero-order valence-corrected chi connectivity index (χ0v) is 12.8. The van der Waals surface area contributed by atoms with Crippen molar-refractivity contribution in [1.29, 1.82) is 0 Å². The second-order valence-corrected chi connectivity index (χ2v) is 7.27. The predicted octanol–water partition coefficient (Wildman–Crippen LogP) is 4.61. The molecule has 0 radical (unpaired) electrons. The van der Waals surface area contributed by atoms with E-state index in [1.165, 1.54) is 6.42 Å². The van der Waals surface area contributed by atoms with Crippen molar-refractivity contribution in [1.82, 2.24) is 0 Å². The van der Waals surface area contributed by atoms with Crippen LogP contribution in [0.25, 0.3) is 0 Å². The Morgan fingerprint density at radius 3 is 2.16 bits per heavy atom. The fourth-order valence-corrected chi connectivity index (χ4v) is 3.18. The molecule has 1 aromatic rings. The highest BCUT2D eigenvalue weighted by molar-refractivity contribution is 5.49. The van der Waals surface area contributed by atoms with Crippen LogP contribution < -0.4 is 4.90 Å². The number of anilines is 1. The Labute approximate surface area is 116 Å². The van der Waals surface area contributed by atoms with Crippen LogP contribution in [0.15, 0.2) is 18.2 Å². The van der Waals surface area contributed by atoms with E-state index in [2.05, 4.69) is 45.6 Å². The van der Waals surface area contributed by atoms with Gasteiger partial charge in [-0.25, -0.2) is 4.39 Å². The highest BCUT2D eigenvalue weighted by Crippen LogP contribution is 2.31. The summed E-state index contributed by atoms with van der Waals surface area (Å²) in [4.78, 5) is 2.33. The zero-order chi connectivity index (χ0) is 14.2. The van der Waals surface area contributed by atoms with Gasteiger partial charge in [0, 0.05) is 18.8 Å². The Kier molecular flexibility index (Phi) is 3.89. The van der Waals surface area contributed by atoms with Gasteiger partial charge in [0.2, 0.25) is 0 Å². The van der Waals surface area contributed by atoms with Crippen molar-refractivity contribution in [3.05, 3.63) is 29.6 Å². The van der Waals surface area contributed by atoms with Crippen molar-refractivity contribution in [2.24, 2.45) is 11.8 Å². The smallest absolute Gasteiger partial charge is 0.128 e. The van der Waals surface area contributed by atoms with Gasteiger partial charge in [0.15, 0.2) is 0 Å². The summed E-state index contributed by atoms with van der Waals surface area (Å²) >= 11 is 0. The number of nitrogens with zero attached hydrogens (tertiary/aromatic N) is 1. The van der Waals surface area contributed by atoms with E-state index in [-0.39, 0.29) is 11.2 Å². The van der Waals surface area contributed by atoms with Gasteiger partial charge in [0.05, 0.1) is 0 Å². The van der Waals surface area contributed by atoms with Gasteiger partial charge in [-0.1, -0.05) is 40.7 Å². The molecule has 0 aromatic heterocycles. The highest BCUT2D eigenvalue weighted by Gasteiger charge is 2.24. The van der Waals surface area contributed by atoms with E-state index in [4.69, 9.17) is 0 Å². The summed E-state index contributed by atoms with van der Waals surface area (Å²) in [5.41, 5.74) is 1.70. The van der Waals surface area contributed by atoms with E-state index in [0.29, 0.717) is 11.8 Å². The molecule has 2 heteroatoms. The Bertz CT molecular complexity index is 437. The molecule has 0 N–H and O–H groups in total. The molecule has 106 valence electrons. The van der Waals surface area contributed by atoms with E-state index < -0.39 is 0 Å². The maximum Gasteiger partial charge on any atom is 0.128 e. The number of hydrogen-bond donors (Lipinski definition) is 0. The van der Waals surface area contributed by atoms with Crippen molar-refractivity contribution in [3.63, 3.8) is 0 Å². The Hall–Kier alpha value is -1.05. The Morgan fingerprint density at radius 2 is 1.68 bits per heavy atom. The van der Waals surface area contributed by atoms with Crippen LogP contribution in [-0.4, -0.2) is 13.1 Å². The van der Waals surface area contributed by atoms with Gasteiger partial charge < -0.3 is 4.90 Å². The van der Waals surface area contributed by atoms with E-state index in [1.54, 1.807) is 6.07 Å². The molecule has 0 amide bonds. The second-order valence-electron chi connectivity index (χ2n) is 7.27. The molecule has 1 aliphatic heterocycles. The first-order valence-electron chi connectivity index (χ1n) is 7.32. The van der Waals surface area contributed by atoms with Gasteiger partial charge in [-0.05, 0) is 41.4 Å². The molecule has 0 aliphatic carbocycles. The largest absolute Gasteiger partial charge is 0.371 e. The van der Waals surface area contributed by atoms with Crippen LogP contribution in [0.4, 0.5) is 10.1 Å². The molecule has 0 unspecified atom stereocenters. The fourth-order valence-electron chi connectivity index (χ4n) is 3.18. The first-order chi connectivity index (χ1) is 8.77. The van der Waals surface area contributed by atoms with Gasteiger partial charge in [-0.15, -0.1) is 0 Å². The van der Waals surface area contributed by atoms with E-state index >= 15 is 0 Å². The second kappa shape index (κ2) is 5.15. The molecule has 19 heavy (non-hydrogen) atoms. The van der Waals surface area contributed by atoms with Crippen LogP contribution >= 0.6 is 0 Å². The monoisotopic (exact) mass is 263 g/mol. The molecule has 1 saturated heterocycles. The van der Waals surface area contributed by atoms with E-state index in [0.717, 1.165) is 24.3 Å². The lowest BCUT2D eigenvalue weighted by Gasteiger charge is -2.37. The summed E-state index contributed by atoms with van der Waals surface area (Å²) in [6.07, 6.45) is 1.28. The molecule has 2 atom stereocenters. The molecular formula is C17H26FN. The number of rotatable bonds is 1. The molecule has 0 spiro atoms. The first-order valence-corrected chi connectivity index (χ1v) is 7.32. The van der Waals surface area contributed by atoms with Crippen LogP contribution in [0.1, 0.15) is 46.6 Å². The maximum absolute atomic E-state index is 14.3. The van der Waals surface area contributed by atoms with Crippen molar-refractivity contribution in [2.45, 2.75) is 46.5 Å². The van der Waals surface area contributed by atoms with E-state index in [1.807, 2.05) is 6.07 Å². The molecule has 0 saturated carbocycles.